The average molecular weight is 464 g/mol. The van der Waals surface area contributed by atoms with Crippen LogP contribution in [0, 0.1) is 12.7 Å². The molecule has 1 heterocycles. The Morgan fingerprint density at radius 1 is 1.03 bits per heavy atom. The number of fused-ring (bicyclic) bond motifs is 1. The summed E-state index contributed by atoms with van der Waals surface area (Å²) in [6.07, 6.45) is 0. The maximum atomic E-state index is 13.9. The van der Waals surface area contributed by atoms with Crippen LogP contribution in [0.3, 0.4) is 0 Å². The van der Waals surface area contributed by atoms with E-state index in [2.05, 4.69) is 23.4 Å². The number of para-hydroxylation sites is 1. The molecule has 1 aromatic heterocycles. The first-order chi connectivity index (χ1) is 15.8. The van der Waals surface area contributed by atoms with Crippen molar-refractivity contribution >= 4 is 47.1 Å². The molecule has 0 aliphatic heterocycles. The summed E-state index contributed by atoms with van der Waals surface area (Å²) < 4.78 is 20.8. The van der Waals surface area contributed by atoms with Crippen LogP contribution in [0.15, 0.2) is 77.2 Å². The Morgan fingerprint density at radius 3 is 2.48 bits per heavy atom. The number of anilines is 2. The van der Waals surface area contributed by atoms with E-state index in [0.717, 1.165) is 11.0 Å². The number of thiol groups is 1. The Balaban J connectivity index is 1.43. The summed E-state index contributed by atoms with van der Waals surface area (Å²) in [6.45, 7) is 3.60. The van der Waals surface area contributed by atoms with E-state index >= 15 is 0 Å². The van der Waals surface area contributed by atoms with Gasteiger partial charge < -0.3 is 15.1 Å². The summed E-state index contributed by atoms with van der Waals surface area (Å²) >= 11 is 4.33. The molecule has 6 nitrogen and oxygen atoms in total. The summed E-state index contributed by atoms with van der Waals surface area (Å²) in [6, 6.07) is 19.4. The highest BCUT2D eigenvalue weighted by atomic mass is 32.1. The minimum Gasteiger partial charge on any atom is -0.459 e. The molecule has 0 bridgehead atoms. The van der Waals surface area contributed by atoms with Gasteiger partial charge in [-0.25, -0.2) is 13.5 Å². The topological polar surface area (TPSA) is 74.6 Å². The van der Waals surface area contributed by atoms with Crippen molar-refractivity contribution in [1.82, 2.24) is 5.32 Å². The highest BCUT2D eigenvalue weighted by Crippen LogP contribution is 2.27. The van der Waals surface area contributed by atoms with Crippen molar-refractivity contribution in [3.05, 3.63) is 95.5 Å². The first-order valence-corrected chi connectivity index (χ1v) is 10.7. The molecular formula is C25H22FN3O3S. The van der Waals surface area contributed by atoms with Crippen molar-refractivity contribution in [1.29, 1.82) is 0 Å². The second kappa shape index (κ2) is 9.38. The fourth-order valence-electron chi connectivity index (χ4n) is 3.41. The number of benzene rings is 3. The van der Waals surface area contributed by atoms with Gasteiger partial charge in [-0.15, -0.1) is 0 Å². The van der Waals surface area contributed by atoms with Crippen molar-refractivity contribution < 1.29 is 18.4 Å². The predicted octanol–water partition coefficient (Wildman–Crippen LogP) is 6.25. The molecule has 0 aliphatic rings. The first kappa shape index (κ1) is 22.4. The van der Waals surface area contributed by atoms with Crippen LogP contribution >= 0.6 is 12.8 Å². The number of halogens is 1. The van der Waals surface area contributed by atoms with E-state index in [0.29, 0.717) is 22.7 Å². The highest BCUT2D eigenvalue weighted by molar-refractivity contribution is 7.82. The Kier molecular flexibility index (Phi) is 6.37. The standard InChI is InChI=1S/C25H22FN3O3S/c1-15-13-18(11-12-21(15)28-24(30)19-8-4-5-9-20(19)26)29(33)25(31)27-16(2)23-14-17-7-3-6-10-22(17)32-23/h3-14,16,33H,1-2H3,(H,27,31)(H,28,30). The number of amides is 3. The van der Waals surface area contributed by atoms with E-state index in [1.165, 1.54) is 22.5 Å². The van der Waals surface area contributed by atoms with Gasteiger partial charge in [0.15, 0.2) is 0 Å². The third-order valence-electron chi connectivity index (χ3n) is 5.22. The minimum atomic E-state index is -0.596. The van der Waals surface area contributed by atoms with Crippen LogP contribution in [-0.2, 0) is 0 Å². The van der Waals surface area contributed by atoms with Crippen molar-refractivity contribution in [2.75, 3.05) is 9.62 Å². The second-order valence-corrected chi connectivity index (χ2v) is 8.00. The molecule has 0 fully saturated rings. The molecule has 2 N–H and O–H groups in total. The average Bonchev–Trinajstić information content (AvgIpc) is 3.24. The zero-order valence-electron chi connectivity index (χ0n) is 18.0. The largest absolute Gasteiger partial charge is 0.459 e. The van der Waals surface area contributed by atoms with E-state index in [4.69, 9.17) is 4.42 Å². The van der Waals surface area contributed by atoms with Gasteiger partial charge in [-0.05, 0) is 61.9 Å². The number of carbonyl (C=O) groups is 2. The van der Waals surface area contributed by atoms with E-state index in [1.807, 2.05) is 37.3 Å². The molecule has 168 valence electrons. The van der Waals surface area contributed by atoms with Crippen LogP contribution in [0.2, 0.25) is 0 Å². The lowest BCUT2D eigenvalue weighted by Gasteiger charge is -2.20. The van der Waals surface area contributed by atoms with Crippen LogP contribution in [0.1, 0.15) is 34.6 Å². The number of urea groups is 1. The number of hydrogen-bond donors (Lipinski definition) is 3. The van der Waals surface area contributed by atoms with Crippen molar-refractivity contribution in [2.45, 2.75) is 19.9 Å². The summed E-state index contributed by atoms with van der Waals surface area (Å²) in [5.74, 6) is -0.515. The second-order valence-electron chi connectivity index (χ2n) is 7.60. The Morgan fingerprint density at radius 2 is 1.76 bits per heavy atom. The molecule has 0 saturated carbocycles. The third-order valence-corrected chi connectivity index (χ3v) is 5.64. The number of nitrogens with one attached hydrogen (secondary N) is 2. The molecule has 0 spiro atoms. The molecule has 0 saturated heterocycles. The van der Waals surface area contributed by atoms with Gasteiger partial charge in [0.1, 0.15) is 17.2 Å². The van der Waals surface area contributed by atoms with E-state index < -0.39 is 17.8 Å². The van der Waals surface area contributed by atoms with Crippen LogP contribution in [0.5, 0.6) is 0 Å². The van der Waals surface area contributed by atoms with Crippen LogP contribution < -0.4 is 14.9 Å². The lowest BCUT2D eigenvalue weighted by atomic mass is 10.1. The molecular weight excluding hydrogens is 441 g/mol. The molecule has 3 aromatic carbocycles. The van der Waals surface area contributed by atoms with Crippen molar-refractivity contribution in [3.63, 3.8) is 0 Å². The zero-order chi connectivity index (χ0) is 23.5. The number of rotatable bonds is 5. The SMILES string of the molecule is Cc1cc(N(S)C(=O)NC(C)c2cc3ccccc3o2)ccc1NC(=O)c1ccccc1F. The Bertz CT molecular complexity index is 1300. The van der Waals surface area contributed by atoms with Gasteiger partial charge in [-0.1, -0.05) is 43.1 Å². The Labute approximate surface area is 195 Å². The number of aryl methyl sites for hydroxylation is 1. The number of nitrogens with zero attached hydrogens (tertiary/aromatic N) is 1. The maximum Gasteiger partial charge on any atom is 0.332 e. The summed E-state index contributed by atoms with van der Waals surface area (Å²) in [4.78, 5) is 25.1. The van der Waals surface area contributed by atoms with Gasteiger partial charge in [0.2, 0.25) is 0 Å². The Hall–Kier alpha value is -3.78. The molecule has 8 heteroatoms. The zero-order valence-corrected chi connectivity index (χ0v) is 18.9. The van der Waals surface area contributed by atoms with E-state index in [9.17, 15) is 14.0 Å². The smallest absolute Gasteiger partial charge is 0.332 e. The van der Waals surface area contributed by atoms with Crippen LogP contribution in [-0.4, -0.2) is 11.9 Å². The van der Waals surface area contributed by atoms with Gasteiger partial charge in [0.25, 0.3) is 5.91 Å². The van der Waals surface area contributed by atoms with Gasteiger partial charge in [0.05, 0.1) is 17.3 Å². The summed E-state index contributed by atoms with van der Waals surface area (Å²) in [5, 5.41) is 6.51. The minimum absolute atomic E-state index is 0.0456. The molecule has 4 rings (SSSR count). The lowest BCUT2D eigenvalue weighted by molar-refractivity contribution is 0.102. The number of hydrogen-bond acceptors (Lipinski definition) is 4. The molecule has 1 atom stereocenters. The fourth-order valence-corrected chi connectivity index (χ4v) is 3.59. The lowest BCUT2D eigenvalue weighted by Crippen LogP contribution is -2.35. The number of furan rings is 1. The first-order valence-electron chi connectivity index (χ1n) is 10.3. The van der Waals surface area contributed by atoms with Gasteiger partial charge in [-0.2, -0.15) is 0 Å². The normalized spacial score (nSPS) is 11.8. The molecule has 3 amide bonds. The van der Waals surface area contributed by atoms with Gasteiger partial charge in [0, 0.05) is 11.1 Å². The van der Waals surface area contributed by atoms with Crippen LogP contribution in [0.25, 0.3) is 11.0 Å². The van der Waals surface area contributed by atoms with Gasteiger partial charge in [-0.3, -0.25) is 4.79 Å². The summed E-state index contributed by atoms with van der Waals surface area (Å²) in [7, 11) is 0. The molecule has 1 unspecified atom stereocenters. The molecule has 33 heavy (non-hydrogen) atoms. The quantitative estimate of drug-likeness (QED) is 0.306. The van der Waals surface area contributed by atoms with E-state index in [1.54, 1.807) is 31.2 Å². The molecule has 0 aliphatic carbocycles. The highest BCUT2D eigenvalue weighted by Gasteiger charge is 2.19. The number of carbonyl (C=O) groups excluding carboxylic acids is 2. The van der Waals surface area contributed by atoms with Crippen molar-refractivity contribution in [3.8, 4) is 0 Å². The monoisotopic (exact) mass is 463 g/mol. The predicted molar refractivity (Wildman–Crippen MR) is 130 cm³/mol. The third kappa shape index (κ3) is 4.85. The fraction of sp³-hybridized carbons (Fsp3) is 0.120. The summed E-state index contributed by atoms with van der Waals surface area (Å²) in [5.41, 5.74) is 2.41. The van der Waals surface area contributed by atoms with Crippen LogP contribution in [0.4, 0.5) is 20.6 Å². The maximum absolute atomic E-state index is 13.9. The molecule has 0 radical (unpaired) electrons. The molecule has 4 aromatic rings. The van der Waals surface area contributed by atoms with Gasteiger partial charge >= 0.3 is 6.03 Å². The van der Waals surface area contributed by atoms with Crippen molar-refractivity contribution in [2.24, 2.45) is 0 Å². The van der Waals surface area contributed by atoms with E-state index in [-0.39, 0.29) is 11.6 Å².